The van der Waals surface area contributed by atoms with Gasteiger partial charge in [-0.3, -0.25) is 5.43 Å². The molecule has 4 nitrogen and oxygen atoms in total. The second kappa shape index (κ2) is 3.94. The Morgan fingerprint density at radius 2 is 2.31 bits per heavy atom. The van der Waals surface area contributed by atoms with Crippen molar-refractivity contribution in [3.05, 3.63) is 33.7 Å². The lowest BCUT2D eigenvalue weighted by Crippen LogP contribution is -2.38. The zero-order chi connectivity index (χ0) is 11.8. The highest BCUT2D eigenvalue weighted by molar-refractivity contribution is 6.30. The van der Waals surface area contributed by atoms with E-state index < -0.39 is 0 Å². The predicted molar refractivity (Wildman–Crippen MR) is 62.4 cm³/mol. The van der Waals surface area contributed by atoms with E-state index in [0.717, 1.165) is 5.56 Å². The summed E-state index contributed by atoms with van der Waals surface area (Å²) in [7, 11) is 0. The standard InChI is InChI=1S/C11H13ClN2O2/c1-11(2)6-9(13-14-15)8-4-3-7(12)5-10(8)16-11/h3-5,9H,6H2,1-2H3,(H,13,15). The van der Waals surface area contributed by atoms with Gasteiger partial charge in [-0.25, -0.2) is 0 Å². The van der Waals surface area contributed by atoms with Crippen molar-refractivity contribution in [2.75, 3.05) is 0 Å². The molecule has 0 bridgehead atoms. The number of hydrogen-bond donors (Lipinski definition) is 1. The number of hydrogen-bond acceptors (Lipinski definition) is 3. The van der Waals surface area contributed by atoms with Crippen molar-refractivity contribution >= 4 is 11.6 Å². The third kappa shape index (κ3) is 2.11. The molecule has 0 aliphatic carbocycles. The van der Waals surface area contributed by atoms with Gasteiger partial charge in [-0.05, 0) is 26.0 Å². The van der Waals surface area contributed by atoms with Crippen LogP contribution in [0.25, 0.3) is 0 Å². The molecule has 1 aliphatic rings. The van der Waals surface area contributed by atoms with Crippen LogP contribution in [-0.2, 0) is 0 Å². The van der Waals surface area contributed by atoms with Crippen molar-refractivity contribution in [2.45, 2.75) is 31.9 Å². The average Bonchev–Trinajstić information content (AvgIpc) is 2.15. The largest absolute Gasteiger partial charge is 0.487 e. The molecule has 1 aromatic rings. The van der Waals surface area contributed by atoms with Crippen LogP contribution in [0, 0.1) is 4.91 Å². The number of benzene rings is 1. The van der Waals surface area contributed by atoms with E-state index in [4.69, 9.17) is 16.3 Å². The summed E-state index contributed by atoms with van der Waals surface area (Å²) in [6, 6.07) is 5.28. The first-order valence-electron chi connectivity index (χ1n) is 5.08. The van der Waals surface area contributed by atoms with Crippen molar-refractivity contribution in [3.8, 4) is 5.75 Å². The molecular formula is C11H13ClN2O2. The first kappa shape index (κ1) is 11.2. The second-order valence-electron chi connectivity index (χ2n) is 4.52. The van der Waals surface area contributed by atoms with Gasteiger partial charge in [0.2, 0.25) is 0 Å². The third-order valence-electron chi connectivity index (χ3n) is 2.64. The fraction of sp³-hybridized carbons (Fsp3) is 0.455. The van der Waals surface area contributed by atoms with E-state index in [1.54, 1.807) is 12.1 Å². The number of fused-ring (bicyclic) bond motifs is 1. The first-order valence-corrected chi connectivity index (χ1v) is 5.46. The lowest BCUT2D eigenvalue weighted by molar-refractivity contribution is 0.0662. The minimum absolute atomic E-state index is 0.117. The van der Waals surface area contributed by atoms with E-state index in [1.807, 2.05) is 19.9 Å². The van der Waals surface area contributed by atoms with E-state index >= 15 is 0 Å². The number of halogens is 1. The third-order valence-corrected chi connectivity index (χ3v) is 2.88. The summed E-state index contributed by atoms with van der Waals surface area (Å²) in [4.78, 5) is 10.3. The van der Waals surface area contributed by atoms with Crippen molar-refractivity contribution in [1.82, 2.24) is 5.43 Å². The van der Waals surface area contributed by atoms with E-state index in [1.165, 1.54) is 0 Å². The fourth-order valence-electron chi connectivity index (χ4n) is 2.00. The van der Waals surface area contributed by atoms with Crippen molar-refractivity contribution in [3.63, 3.8) is 0 Å². The van der Waals surface area contributed by atoms with Gasteiger partial charge in [0.15, 0.2) is 0 Å². The Morgan fingerprint density at radius 1 is 1.56 bits per heavy atom. The van der Waals surface area contributed by atoms with Gasteiger partial charge in [0.1, 0.15) is 11.4 Å². The number of rotatable bonds is 2. The predicted octanol–water partition coefficient (Wildman–Crippen LogP) is 3.21. The average molecular weight is 241 g/mol. The monoisotopic (exact) mass is 240 g/mol. The van der Waals surface area contributed by atoms with E-state index in [9.17, 15) is 4.91 Å². The van der Waals surface area contributed by atoms with Gasteiger partial charge in [0.05, 0.1) is 11.3 Å². The van der Waals surface area contributed by atoms with Gasteiger partial charge in [-0.1, -0.05) is 17.7 Å². The molecule has 16 heavy (non-hydrogen) atoms. The molecule has 2 rings (SSSR count). The zero-order valence-electron chi connectivity index (χ0n) is 9.16. The molecule has 0 saturated carbocycles. The van der Waals surface area contributed by atoms with Crippen LogP contribution in [0.3, 0.4) is 0 Å². The summed E-state index contributed by atoms with van der Waals surface area (Å²) >= 11 is 5.91. The quantitative estimate of drug-likeness (QED) is 0.638. The first-order chi connectivity index (χ1) is 7.52. The summed E-state index contributed by atoms with van der Waals surface area (Å²) < 4.78 is 5.81. The zero-order valence-corrected chi connectivity index (χ0v) is 9.91. The topological polar surface area (TPSA) is 50.7 Å². The fourth-order valence-corrected chi connectivity index (χ4v) is 2.17. The molecule has 5 heteroatoms. The maximum absolute atomic E-state index is 10.3. The summed E-state index contributed by atoms with van der Waals surface area (Å²) in [5.41, 5.74) is 3.15. The molecule has 1 heterocycles. The van der Waals surface area contributed by atoms with Gasteiger partial charge in [0, 0.05) is 17.0 Å². The van der Waals surface area contributed by atoms with Crippen LogP contribution in [-0.4, -0.2) is 5.60 Å². The normalized spacial score (nSPS) is 21.8. The van der Waals surface area contributed by atoms with Crippen LogP contribution in [0.4, 0.5) is 0 Å². The summed E-state index contributed by atoms with van der Waals surface area (Å²) in [6.07, 6.45) is 0.688. The van der Waals surface area contributed by atoms with Crippen LogP contribution in [0.15, 0.2) is 23.5 Å². The highest BCUT2D eigenvalue weighted by atomic mass is 35.5. The van der Waals surface area contributed by atoms with Crippen molar-refractivity contribution < 1.29 is 4.74 Å². The molecule has 0 aromatic heterocycles. The Balaban J connectivity index is 2.42. The Hall–Kier alpha value is -1.29. The van der Waals surface area contributed by atoms with Crippen LogP contribution in [0.1, 0.15) is 31.9 Å². The Morgan fingerprint density at radius 3 is 3.00 bits per heavy atom. The van der Waals surface area contributed by atoms with Crippen molar-refractivity contribution in [1.29, 1.82) is 0 Å². The van der Waals surface area contributed by atoms with Crippen LogP contribution >= 0.6 is 11.6 Å². The lowest BCUT2D eigenvalue weighted by atomic mass is 9.90. The molecule has 1 unspecified atom stereocenters. The second-order valence-corrected chi connectivity index (χ2v) is 4.96. The van der Waals surface area contributed by atoms with Crippen molar-refractivity contribution in [2.24, 2.45) is 5.29 Å². The molecule has 0 amide bonds. The molecule has 1 aromatic carbocycles. The molecule has 0 fully saturated rings. The molecule has 0 saturated heterocycles. The lowest BCUT2D eigenvalue weighted by Gasteiger charge is -2.36. The van der Waals surface area contributed by atoms with Crippen LogP contribution in [0.2, 0.25) is 5.02 Å². The van der Waals surface area contributed by atoms with Gasteiger partial charge >= 0.3 is 0 Å². The minimum Gasteiger partial charge on any atom is -0.487 e. The highest BCUT2D eigenvalue weighted by Gasteiger charge is 2.33. The van der Waals surface area contributed by atoms with Crippen LogP contribution < -0.4 is 10.2 Å². The number of nitrogens with zero attached hydrogens (tertiary/aromatic N) is 1. The van der Waals surface area contributed by atoms with E-state index in [2.05, 4.69) is 10.7 Å². The number of nitrogens with one attached hydrogen (secondary N) is 1. The molecular weight excluding hydrogens is 228 g/mol. The van der Waals surface area contributed by atoms with Gasteiger partial charge in [0.25, 0.3) is 0 Å². The highest BCUT2D eigenvalue weighted by Crippen LogP contribution is 2.40. The maximum atomic E-state index is 10.3. The molecule has 1 N–H and O–H groups in total. The summed E-state index contributed by atoms with van der Waals surface area (Å²) in [5.74, 6) is 0.713. The maximum Gasteiger partial charge on any atom is 0.126 e. The van der Waals surface area contributed by atoms with Gasteiger partial charge in [-0.2, -0.15) is 0 Å². The molecule has 1 atom stereocenters. The van der Waals surface area contributed by atoms with Gasteiger partial charge < -0.3 is 4.74 Å². The summed E-state index contributed by atoms with van der Waals surface area (Å²) in [6.45, 7) is 3.94. The summed E-state index contributed by atoms with van der Waals surface area (Å²) in [5, 5.41) is 3.38. The smallest absolute Gasteiger partial charge is 0.126 e. The number of ether oxygens (including phenoxy) is 1. The molecule has 1 aliphatic heterocycles. The molecule has 86 valence electrons. The Kier molecular flexibility index (Phi) is 2.76. The molecule has 0 radical (unpaired) electrons. The van der Waals surface area contributed by atoms with Crippen LogP contribution in [0.5, 0.6) is 5.75 Å². The number of nitroso groups, excluding NO2 is 1. The van der Waals surface area contributed by atoms with Gasteiger partial charge in [-0.15, -0.1) is 4.91 Å². The Labute approximate surface area is 98.9 Å². The SMILES string of the molecule is CC1(C)CC(NN=O)c2ccc(Cl)cc2O1. The minimum atomic E-state index is -0.333. The molecule has 0 spiro atoms. The Bertz CT molecular complexity index is 420. The van der Waals surface area contributed by atoms with E-state index in [0.29, 0.717) is 17.2 Å². The van der Waals surface area contributed by atoms with E-state index in [-0.39, 0.29) is 11.6 Å².